The third-order valence-electron chi connectivity index (χ3n) is 2.51. The molecule has 1 aromatic heterocycles. The van der Waals surface area contributed by atoms with Crippen molar-refractivity contribution in [3.8, 4) is 0 Å². The topological polar surface area (TPSA) is 35.0 Å². The lowest BCUT2D eigenvalue weighted by Crippen LogP contribution is -2.04. The van der Waals surface area contributed by atoms with Crippen molar-refractivity contribution < 1.29 is 4.74 Å². The molecule has 19 heavy (non-hydrogen) atoms. The van der Waals surface area contributed by atoms with E-state index in [2.05, 4.69) is 25.9 Å². The molecule has 0 aliphatic rings. The fourth-order valence-corrected chi connectivity index (χ4v) is 2.34. The average Bonchev–Trinajstić information content (AvgIpc) is 2.38. The molecule has 0 unspecified atom stereocenters. The number of nitrogens with zero attached hydrogens (tertiary/aromatic N) is 2. The van der Waals surface area contributed by atoms with Crippen LogP contribution < -0.4 is 0 Å². The normalized spacial score (nSPS) is 10.7. The summed E-state index contributed by atoms with van der Waals surface area (Å²) in [5.41, 5.74) is 1.69. The number of halogens is 3. The van der Waals surface area contributed by atoms with Crippen molar-refractivity contribution in [2.45, 2.75) is 13.0 Å². The van der Waals surface area contributed by atoms with Gasteiger partial charge in [-0.25, -0.2) is 9.97 Å². The largest absolute Gasteiger partial charge is 0.378 e. The molecule has 2 aromatic rings. The van der Waals surface area contributed by atoms with Crippen LogP contribution in [-0.2, 0) is 17.8 Å². The molecular formula is C13H11BrCl2N2O. The Morgan fingerprint density at radius 3 is 2.63 bits per heavy atom. The van der Waals surface area contributed by atoms with E-state index in [1.165, 1.54) is 0 Å². The highest BCUT2D eigenvalue weighted by atomic mass is 79.9. The van der Waals surface area contributed by atoms with Crippen LogP contribution in [0.4, 0.5) is 0 Å². The zero-order valence-electron chi connectivity index (χ0n) is 10.2. The maximum absolute atomic E-state index is 6.12. The molecule has 3 nitrogen and oxygen atoms in total. The van der Waals surface area contributed by atoms with Gasteiger partial charge >= 0.3 is 0 Å². The highest BCUT2D eigenvalue weighted by Crippen LogP contribution is 2.25. The molecule has 0 atom stereocenters. The number of hydrogen-bond acceptors (Lipinski definition) is 3. The zero-order valence-corrected chi connectivity index (χ0v) is 13.3. The van der Waals surface area contributed by atoms with Crippen LogP contribution in [0.25, 0.3) is 0 Å². The van der Waals surface area contributed by atoms with E-state index in [-0.39, 0.29) is 0 Å². The molecule has 0 spiro atoms. The number of ether oxygens (including phenoxy) is 1. The molecule has 0 bridgehead atoms. The Kier molecular flexibility index (Phi) is 5.16. The van der Waals surface area contributed by atoms with Gasteiger partial charge in [0.25, 0.3) is 0 Å². The van der Waals surface area contributed by atoms with Crippen LogP contribution in [0.3, 0.4) is 0 Å². The molecule has 1 aromatic carbocycles. The van der Waals surface area contributed by atoms with Gasteiger partial charge < -0.3 is 4.74 Å². The van der Waals surface area contributed by atoms with Crippen LogP contribution in [0, 0.1) is 0 Å². The fraction of sp³-hybridized carbons (Fsp3) is 0.231. The Balaban J connectivity index is 2.33. The molecule has 0 saturated carbocycles. The summed E-state index contributed by atoms with van der Waals surface area (Å²) in [6, 6.07) is 7.60. The van der Waals surface area contributed by atoms with Crippen LogP contribution >= 0.6 is 39.1 Å². The summed E-state index contributed by atoms with van der Waals surface area (Å²) in [5.74, 6) is 0.619. The Morgan fingerprint density at radius 1 is 1.21 bits per heavy atom. The minimum absolute atomic E-state index is 0.373. The third-order valence-corrected chi connectivity index (χ3v) is 4.22. The van der Waals surface area contributed by atoms with Gasteiger partial charge in [0.15, 0.2) is 0 Å². The van der Waals surface area contributed by atoms with Crippen molar-refractivity contribution in [3.05, 3.63) is 56.0 Å². The van der Waals surface area contributed by atoms with E-state index >= 15 is 0 Å². The van der Waals surface area contributed by atoms with Crippen LogP contribution in [0.15, 0.2) is 28.7 Å². The lowest BCUT2D eigenvalue weighted by Gasteiger charge is -2.08. The summed E-state index contributed by atoms with van der Waals surface area (Å²) in [6.45, 7) is 0.373. The van der Waals surface area contributed by atoms with Crippen molar-refractivity contribution in [3.63, 3.8) is 0 Å². The van der Waals surface area contributed by atoms with Crippen LogP contribution in [-0.4, -0.2) is 17.1 Å². The van der Waals surface area contributed by atoms with Gasteiger partial charge in [0.2, 0.25) is 0 Å². The van der Waals surface area contributed by atoms with Crippen molar-refractivity contribution in [1.29, 1.82) is 0 Å². The first-order chi connectivity index (χ1) is 9.11. The zero-order chi connectivity index (χ0) is 13.8. The Morgan fingerprint density at radius 2 is 1.95 bits per heavy atom. The van der Waals surface area contributed by atoms with Crippen molar-refractivity contribution in [2.75, 3.05) is 7.11 Å². The second-order valence-corrected chi connectivity index (χ2v) is 5.45. The van der Waals surface area contributed by atoms with Crippen molar-refractivity contribution in [1.82, 2.24) is 9.97 Å². The van der Waals surface area contributed by atoms with Gasteiger partial charge in [-0.2, -0.15) is 0 Å². The summed E-state index contributed by atoms with van der Waals surface area (Å²) >= 11 is 15.6. The quantitative estimate of drug-likeness (QED) is 0.762. The third kappa shape index (κ3) is 3.66. The lowest BCUT2D eigenvalue weighted by atomic mass is 10.1. The highest BCUT2D eigenvalue weighted by Gasteiger charge is 2.12. The summed E-state index contributed by atoms with van der Waals surface area (Å²) in [7, 11) is 1.61. The van der Waals surface area contributed by atoms with Crippen LogP contribution in [0.2, 0.25) is 10.2 Å². The predicted molar refractivity (Wildman–Crippen MR) is 79.7 cm³/mol. The van der Waals surface area contributed by atoms with Gasteiger partial charge in [-0.05, 0) is 27.6 Å². The molecule has 0 saturated heterocycles. The number of rotatable bonds is 4. The molecule has 0 aliphatic heterocycles. The number of benzene rings is 1. The van der Waals surface area contributed by atoms with Gasteiger partial charge in [-0.3, -0.25) is 0 Å². The van der Waals surface area contributed by atoms with Crippen molar-refractivity contribution >= 4 is 39.1 Å². The lowest BCUT2D eigenvalue weighted by molar-refractivity contribution is 0.180. The molecule has 2 rings (SSSR count). The van der Waals surface area contributed by atoms with E-state index in [1.54, 1.807) is 7.11 Å². The first-order valence-corrected chi connectivity index (χ1v) is 7.10. The molecule has 6 heteroatoms. The molecule has 0 amide bonds. The van der Waals surface area contributed by atoms with Crippen LogP contribution in [0.1, 0.15) is 17.1 Å². The van der Waals surface area contributed by atoms with E-state index < -0.39 is 0 Å². The summed E-state index contributed by atoms with van der Waals surface area (Å²) in [5, 5.41) is 1.07. The maximum Gasteiger partial charge on any atom is 0.147 e. The van der Waals surface area contributed by atoms with Gasteiger partial charge in [-0.15, -0.1) is 0 Å². The van der Waals surface area contributed by atoms with Gasteiger partial charge in [0, 0.05) is 18.6 Å². The first kappa shape index (κ1) is 14.7. The predicted octanol–water partition coefficient (Wildman–Crippen LogP) is 4.28. The Hall–Kier alpha value is -0.680. The second-order valence-electron chi connectivity index (χ2n) is 3.89. The van der Waals surface area contributed by atoms with E-state index in [1.807, 2.05) is 24.3 Å². The number of hydrogen-bond donors (Lipinski definition) is 0. The highest BCUT2D eigenvalue weighted by molar-refractivity contribution is 9.10. The van der Waals surface area contributed by atoms with Gasteiger partial charge in [0.1, 0.15) is 11.0 Å². The molecule has 0 fully saturated rings. The van der Waals surface area contributed by atoms with E-state index in [0.717, 1.165) is 11.3 Å². The van der Waals surface area contributed by atoms with Gasteiger partial charge in [0.05, 0.1) is 16.8 Å². The molecule has 100 valence electrons. The van der Waals surface area contributed by atoms with E-state index in [9.17, 15) is 0 Å². The first-order valence-electron chi connectivity index (χ1n) is 5.55. The van der Waals surface area contributed by atoms with E-state index in [4.69, 9.17) is 27.9 Å². The monoisotopic (exact) mass is 360 g/mol. The van der Waals surface area contributed by atoms with Crippen molar-refractivity contribution in [2.24, 2.45) is 0 Å². The minimum atomic E-state index is 0.373. The molecule has 0 aliphatic carbocycles. The van der Waals surface area contributed by atoms with E-state index in [0.29, 0.717) is 33.5 Å². The minimum Gasteiger partial charge on any atom is -0.378 e. The number of aromatic nitrogens is 2. The SMILES string of the molecule is COCc1nc(Cc2ccccc2Cl)nc(Cl)c1Br. The summed E-state index contributed by atoms with van der Waals surface area (Å²) in [6.07, 6.45) is 0.531. The van der Waals surface area contributed by atoms with Gasteiger partial charge in [-0.1, -0.05) is 41.4 Å². The average molecular weight is 362 g/mol. The molecule has 0 radical (unpaired) electrons. The Labute approximate surface area is 130 Å². The summed E-state index contributed by atoms with van der Waals surface area (Å²) in [4.78, 5) is 8.68. The number of methoxy groups -OCH3 is 1. The fourth-order valence-electron chi connectivity index (χ4n) is 1.63. The molecule has 0 N–H and O–H groups in total. The standard InChI is InChI=1S/C13H11BrCl2N2O/c1-19-7-10-12(14)13(16)18-11(17-10)6-8-4-2-3-5-9(8)15/h2-5H,6-7H2,1H3. The smallest absolute Gasteiger partial charge is 0.147 e. The second kappa shape index (κ2) is 6.66. The maximum atomic E-state index is 6.12. The Bertz CT molecular complexity index is 593. The molecule has 1 heterocycles. The summed E-state index contributed by atoms with van der Waals surface area (Å²) < 4.78 is 5.75. The molecular weight excluding hydrogens is 351 g/mol. The van der Waals surface area contributed by atoms with Crippen LogP contribution in [0.5, 0.6) is 0 Å².